The van der Waals surface area contributed by atoms with Crippen molar-refractivity contribution in [2.24, 2.45) is 0 Å². The average Bonchev–Trinajstić information content (AvgIpc) is 2.76. The first-order valence-corrected chi connectivity index (χ1v) is 12.0. The lowest BCUT2D eigenvalue weighted by Crippen LogP contribution is -2.50. The number of anilines is 1. The maximum atomic E-state index is 12.6. The molecule has 0 bridgehead atoms. The fourth-order valence-corrected chi connectivity index (χ4v) is 4.33. The standard InChI is InChI=1S/C22H28N2O6S/c1-4-29-19-12-11-16(14-20(19)28-2)8-7-13-23-22(25)21-15-24(31(3,26)27)17-9-5-6-10-18(17)30-21/h5-6,9-12,14,21H,4,7-8,13,15H2,1-3H3,(H,23,25)/t21-/m1/s1. The lowest BCUT2D eigenvalue weighted by atomic mass is 10.1. The number of nitrogens with zero attached hydrogens (tertiary/aromatic N) is 1. The molecule has 1 atom stereocenters. The van der Waals surface area contributed by atoms with Crippen molar-refractivity contribution in [3.8, 4) is 17.2 Å². The third-order valence-electron chi connectivity index (χ3n) is 4.90. The molecule has 0 radical (unpaired) electrons. The normalized spacial score (nSPS) is 15.6. The zero-order valence-electron chi connectivity index (χ0n) is 18.0. The summed E-state index contributed by atoms with van der Waals surface area (Å²) in [6.07, 6.45) is 1.67. The van der Waals surface area contributed by atoms with Gasteiger partial charge in [0.2, 0.25) is 10.0 Å². The monoisotopic (exact) mass is 448 g/mol. The number of sulfonamides is 1. The molecule has 3 rings (SSSR count). The largest absolute Gasteiger partial charge is 0.493 e. The van der Waals surface area contributed by atoms with Crippen molar-refractivity contribution in [1.82, 2.24) is 5.32 Å². The fourth-order valence-electron chi connectivity index (χ4n) is 3.41. The van der Waals surface area contributed by atoms with E-state index in [2.05, 4.69) is 5.32 Å². The Kier molecular flexibility index (Phi) is 7.27. The third-order valence-corrected chi connectivity index (χ3v) is 6.04. The van der Waals surface area contributed by atoms with Gasteiger partial charge in [-0.3, -0.25) is 9.10 Å². The number of nitrogens with one attached hydrogen (secondary N) is 1. The van der Waals surface area contributed by atoms with Gasteiger partial charge >= 0.3 is 0 Å². The smallest absolute Gasteiger partial charge is 0.263 e. The molecule has 0 aliphatic carbocycles. The summed E-state index contributed by atoms with van der Waals surface area (Å²) in [5.41, 5.74) is 1.51. The molecule has 0 saturated heterocycles. The molecular formula is C22H28N2O6S. The summed E-state index contributed by atoms with van der Waals surface area (Å²) < 4.78 is 42.2. The Bertz CT molecular complexity index is 1020. The van der Waals surface area contributed by atoms with Crippen LogP contribution in [0.5, 0.6) is 17.2 Å². The molecule has 1 N–H and O–H groups in total. The molecule has 8 nitrogen and oxygen atoms in total. The van der Waals surface area contributed by atoms with Crippen molar-refractivity contribution in [2.75, 3.05) is 37.4 Å². The van der Waals surface area contributed by atoms with E-state index in [0.29, 0.717) is 42.5 Å². The second-order valence-electron chi connectivity index (χ2n) is 7.18. The number of hydrogen-bond acceptors (Lipinski definition) is 6. The highest BCUT2D eigenvalue weighted by molar-refractivity contribution is 7.92. The molecule has 31 heavy (non-hydrogen) atoms. The van der Waals surface area contributed by atoms with Gasteiger partial charge in [0.05, 0.1) is 32.2 Å². The van der Waals surface area contributed by atoms with Gasteiger partial charge in [0.1, 0.15) is 5.75 Å². The van der Waals surface area contributed by atoms with E-state index >= 15 is 0 Å². The van der Waals surface area contributed by atoms with E-state index in [-0.39, 0.29) is 12.5 Å². The van der Waals surface area contributed by atoms with Gasteiger partial charge in [-0.05, 0) is 49.6 Å². The van der Waals surface area contributed by atoms with E-state index in [0.717, 1.165) is 18.2 Å². The van der Waals surface area contributed by atoms with Crippen molar-refractivity contribution in [3.05, 3.63) is 48.0 Å². The lowest BCUT2D eigenvalue weighted by Gasteiger charge is -2.33. The second kappa shape index (κ2) is 9.91. The Morgan fingerprint density at radius 3 is 2.71 bits per heavy atom. The van der Waals surface area contributed by atoms with Crippen LogP contribution in [0.25, 0.3) is 0 Å². The number of carbonyl (C=O) groups excluding carboxylic acids is 1. The van der Waals surface area contributed by atoms with Crippen molar-refractivity contribution >= 4 is 21.6 Å². The average molecular weight is 449 g/mol. The first kappa shape index (κ1) is 22.7. The molecule has 168 valence electrons. The maximum Gasteiger partial charge on any atom is 0.263 e. The highest BCUT2D eigenvalue weighted by atomic mass is 32.2. The number of fused-ring (bicyclic) bond motifs is 1. The highest BCUT2D eigenvalue weighted by Gasteiger charge is 2.34. The molecule has 0 saturated carbocycles. The number of methoxy groups -OCH3 is 1. The zero-order chi connectivity index (χ0) is 22.4. The third kappa shape index (κ3) is 5.61. The topological polar surface area (TPSA) is 94.2 Å². The number of carbonyl (C=O) groups is 1. The van der Waals surface area contributed by atoms with Crippen LogP contribution in [0, 0.1) is 0 Å². The van der Waals surface area contributed by atoms with E-state index in [1.165, 1.54) is 4.31 Å². The van der Waals surface area contributed by atoms with Gasteiger partial charge in [0.25, 0.3) is 5.91 Å². The molecule has 0 spiro atoms. The van der Waals surface area contributed by atoms with Gasteiger partial charge in [0, 0.05) is 6.54 Å². The molecule has 1 aliphatic rings. The summed E-state index contributed by atoms with van der Waals surface area (Å²) in [5.74, 6) is 1.42. The second-order valence-corrected chi connectivity index (χ2v) is 9.09. The summed E-state index contributed by atoms with van der Waals surface area (Å²) in [7, 11) is -1.93. The minimum Gasteiger partial charge on any atom is -0.493 e. The van der Waals surface area contributed by atoms with E-state index in [4.69, 9.17) is 14.2 Å². The molecule has 0 aromatic heterocycles. The minimum absolute atomic E-state index is 0.0578. The van der Waals surface area contributed by atoms with Crippen LogP contribution in [0.15, 0.2) is 42.5 Å². The molecule has 0 unspecified atom stereocenters. The van der Waals surface area contributed by atoms with E-state index < -0.39 is 16.1 Å². The Morgan fingerprint density at radius 2 is 2.00 bits per heavy atom. The number of para-hydroxylation sites is 2. The minimum atomic E-state index is -3.53. The van der Waals surface area contributed by atoms with Crippen LogP contribution in [-0.2, 0) is 21.2 Å². The lowest BCUT2D eigenvalue weighted by molar-refractivity contribution is -0.127. The molecule has 1 amide bonds. The predicted molar refractivity (Wildman–Crippen MR) is 119 cm³/mol. The van der Waals surface area contributed by atoms with Gasteiger partial charge in [-0.25, -0.2) is 8.42 Å². The highest BCUT2D eigenvalue weighted by Crippen LogP contribution is 2.34. The predicted octanol–water partition coefficient (Wildman–Crippen LogP) is 2.37. The number of benzene rings is 2. The summed E-state index contributed by atoms with van der Waals surface area (Å²) >= 11 is 0. The molecule has 2 aromatic rings. The van der Waals surface area contributed by atoms with Gasteiger partial charge in [-0.2, -0.15) is 0 Å². The van der Waals surface area contributed by atoms with Crippen molar-refractivity contribution in [2.45, 2.75) is 25.9 Å². The quantitative estimate of drug-likeness (QED) is 0.592. The maximum absolute atomic E-state index is 12.6. The van der Waals surface area contributed by atoms with Crippen LogP contribution < -0.4 is 23.8 Å². The van der Waals surface area contributed by atoms with Crippen LogP contribution in [0.2, 0.25) is 0 Å². The van der Waals surface area contributed by atoms with Crippen molar-refractivity contribution < 1.29 is 27.4 Å². The number of amides is 1. The van der Waals surface area contributed by atoms with Crippen LogP contribution in [0.1, 0.15) is 18.9 Å². The first-order chi connectivity index (χ1) is 14.8. The van der Waals surface area contributed by atoms with Gasteiger partial charge in [-0.1, -0.05) is 18.2 Å². The van der Waals surface area contributed by atoms with Crippen LogP contribution in [0.4, 0.5) is 5.69 Å². The Hall–Kier alpha value is -2.94. The number of rotatable bonds is 9. The van der Waals surface area contributed by atoms with E-state index in [1.54, 1.807) is 31.4 Å². The number of aryl methyl sites for hydroxylation is 1. The van der Waals surface area contributed by atoms with Gasteiger partial charge < -0.3 is 19.5 Å². The molecular weight excluding hydrogens is 420 g/mol. The molecule has 1 aliphatic heterocycles. The molecule has 9 heteroatoms. The van der Waals surface area contributed by atoms with Crippen LogP contribution in [0.3, 0.4) is 0 Å². The number of hydrogen-bond donors (Lipinski definition) is 1. The summed E-state index contributed by atoms with van der Waals surface area (Å²) in [6.45, 7) is 2.86. The molecule has 2 aromatic carbocycles. The first-order valence-electron chi connectivity index (χ1n) is 10.1. The Labute approximate surface area is 183 Å². The number of ether oxygens (including phenoxy) is 3. The Morgan fingerprint density at radius 1 is 1.23 bits per heavy atom. The summed E-state index contributed by atoms with van der Waals surface area (Å²) in [6, 6.07) is 12.6. The van der Waals surface area contributed by atoms with E-state index in [9.17, 15) is 13.2 Å². The van der Waals surface area contributed by atoms with Crippen molar-refractivity contribution in [3.63, 3.8) is 0 Å². The summed E-state index contributed by atoms with van der Waals surface area (Å²) in [4.78, 5) is 12.6. The van der Waals surface area contributed by atoms with Crippen LogP contribution in [-0.4, -0.2) is 53.5 Å². The molecule has 1 heterocycles. The van der Waals surface area contributed by atoms with E-state index in [1.807, 2.05) is 25.1 Å². The Balaban J connectivity index is 1.56. The summed E-state index contributed by atoms with van der Waals surface area (Å²) in [5, 5.41) is 2.84. The molecule has 0 fully saturated rings. The SMILES string of the molecule is CCOc1ccc(CCCNC(=O)[C@H]2CN(S(C)(=O)=O)c3ccccc3O2)cc1OC. The van der Waals surface area contributed by atoms with Gasteiger partial charge in [0.15, 0.2) is 17.6 Å². The van der Waals surface area contributed by atoms with Crippen LogP contribution >= 0.6 is 0 Å². The van der Waals surface area contributed by atoms with Crippen molar-refractivity contribution in [1.29, 1.82) is 0 Å². The van der Waals surface area contributed by atoms with Gasteiger partial charge in [-0.15, -0.1) is 0 Å². The fraction of sp³-hybridized carbons (Fsp3) is 0.409. The zero-order valence-corrected chi connectivity index (χ0v) is 18.8.